The number of nitrogens with zero attached hydrogens (tertiary/aromatic N) is 2. The zero-order valence-electron chi connectivity index (χ0n) is 31.0. The summed E-state index contributed by atoms with van der Waals surface area (Å²) < 4.78 is 0. The van der Waals surface area contributed by atoms with Crippen molar-refractivity contribution in [3.63, 3.8) is 0 Å². The second-order valence-corrected chi connectivity index (χ2v) is 16.3. The van der Waals surface area contributed by atoms with Crippen molar-refractivity contribution in [3.05, 3.63) is 200 Å². The van der Waals surface area contributed by atoms with Crippen molar-refractivity contribution in [1.29, 1.82) is 0 Å². The average Bonchev–Trinajstić information content (AvgIpc) is 4.14. The van der Waals surface area contributed by atoms with Crippen LogP contribution < -0.4 is 9.80 Å². The molecule has 2 amide bonds. The van der Waals surface area contributed by atoms with Crippen LogP contribution >= 0.6 is 23.2 Å². The van der Waals surface area contributed by atoms with E-state index in [1.165, 1.54) is 0 Å². The van der Waals surface area contributed by atoms with E-state index in [0.717, 1.165) is 57.6 Å². The molecule has 0 unspecified atom stereocenters. The Balaban J connectivity index is 0.000000150. The number of hydrogen-bond acceptors (Lipinski definition) is 4. The van der Waals surface area contributed by atoms with Gasteiger partial charge in [-0.05, 0) is 107 Å². The van der Waals surface area contributed by atoms with Gasteiger partial charge in [0.05, 0.1) is 35.0 Å². The number of anilines is 2. The number of halogens is 2. The van der Waals surface area contributed by atoms with Crippen molar-refractivity contribution in [3.8, 4) is 0 Å². The molecule has 2 saturated carbocycles. The van der Waals surface area contributed by atoms with E-state index >= 15 is 0 Å². The number of carboxylic acid groups (broad SMARTS) is 2. The summed E-state index contributed by atoms with van der Waals surface area (Å²) in [5.41, 5.74) is 7.15. The summed E-state index contributed by atoms with van der Waals surface area (Å²) in [7, 11) is 0. The Bertz CT molecular complexity index is 2460. The van der Waals surface area contributed by atoms with E-state index < -0.39 is 22.8 Å². The molecule has 2 heterocycles. The van der Waals surface area contributed by atoms with Gasteiger partial charge in [-0.25, -0.2) is 9.59 Å². The first-order valence-corrected chi connectivity index (χ1v) is 19.8. The number of carbonyl (C=O) groups is 4. The van der Waals surface area contributed by atoms with E-state index in [-0.39, 0.29) is 34.8 Å². The van der Waals surface area contributed by atoms with Crippen molar-refractivity contribution >= 4 is 58.3 Å². The third-order valence-electron chi connectivity index (χ3n) is 12.1. The SMILES string of the molecule is O=C(O)c1cccc(CN2C(=O)[C@@]3(C[C@@H]3c3ccc(Cl)cc3)c3ccccc32)c1.O=C(O)c1cccc(CN2C(=O)[C@]3(C[C@H]3c3ccc(Cl)cc3)c3ccccc32)c1. The van der Waals surface area contributed by atoms with Gasteiger partial charge >= 0.3 is 11.9 Å². The van der Waals surface area contributed by atoms with E-state index in [9.17, 15) is 29.4 Å². The number of aromatic carboxylic acids is 2. The minimum Gasteiger partial charge on any atom is -0.478 e. The van der Waals surface area contributed by atoms with Crippen LogP contribution in [0.3, 0.4) is 0 Å². The van der Waals surface area contributed by atoms with Crippen LogP contribution in [0.1, 0.15) is 78.8 Å². The Hall–Kier alpha value is -6.22. The van der Waals surface area contributed by atoms with E-state index in [0.29, 0.717) is 23.1 Å². The zero-order chi connectivity index (χ0) is 40.3. The smallest absolute Gasteiger partial charge is 0.335 e. The molecule has 0 bridgehead atoms. The highest BCUT2D eigenvalue weighted by Crippen LogP contribution is 2.67. The maximum Gasteiger partial charge on any atom is 0.335 e. The summed E-state index contributed by atoms with van der Waals surface area (Å²) in [4.78, 5) is 53.4. The van der Waals surface area contributed by atoms with Crippen molar-refractivity contribution in [2.24, 2.45) is 0 Å². The van der Waals surface area contributed by atoms with Gasteiger partial charge < -0.3 is 20.0 Å². The summed E-state index contributed by atoms with van der Waals surface area (Å²) in [6.07, 6.45) is 1.55. The minimum atomic E-state index is -0.971. The van der Waals surface area contributed by atoms with Crippen molar-refractivity contribution < 1.29 is 29.4 Å². The van der Waals surface area contributed by atoms with Gasteiger partial charge in [0.25, 0.3) is 0 Å². The third kappa shape index (κ3) is 6.24. The molecule has 0 aromatic heterocycles. The quantitative estimate of drug-likeness (QED) is 0.158. The summed E-state index contributed by atoms with van der Waals surface area (Å²) >= 11 is 12.1. The number of para-hydroxylation sites is 2. The molecule has 58 heavy (non-hydrogen) atoms. The van der Waals surface area contributed by atoms with Crippen LogP contribution in [0, 0.1) is 0 Å². The van der Waals surface area contributed by atoms with Crippen LogP contribution in [0.15, 0.2) is 146 Å². The van der Waals surface area contributed by atoms with Gasteiger partial charge in [-0.3, -0.25) is 9.59 Å². The molecule has 0 saturated heterocycles. The van der Waals surface area contributed by atoms with E-state index in [4.69, 9.17) is 23.2 Å². The lowest BCUT2D eigenvalue weighted by Gasteiger charge is -2.19. The second-order valence-electron chi connectivity index (χ2n) is 15.4. The highest BCUT2D eigenvalue weighted by molar-refractivity contribution is 6.30. The molecule has 2 N–H and O–H groups in total. The van der Waals surface area contributed by atoms with Crippen LogP contribution in [0.2, 0.25) is 10.0 Å². The number of carboxylic acids is 2. The van der Waals surface area contributed by atoms with Crippen molar-refractivity contribution in [1.82, 2.24) is 0 Å². The molecule has 10 heteroatoms. The minimum absolute atomic E-state index is 0.0828. The van der Waals surface area contributed by atoms with Gasteiger partial charge in [-0.2, -0.15) is 0 Å². The number of carbonyl (C=O) groups excluding carboxylic acids is 2. The van der Waals surface area contributed by atoms with Gasteiger partial charge in [0, 0.05) is 33.3 Å². The third-order valence-corrected chi connectivity index (χ3v) is 12.6. The number of amides is 2. The number of benzene rings is 6. The van der Waals surface area contributed by atoms with Crippen LogP contribution in [0.25, 0.3) is 0 Å². The Labute approximate surface area is 344 Å². The van der Waals surface area contributed by atoms with E-state index in [1.54, 1.807) is 46.2 Å². The van der Waals surface area contributed by atoms with Crippen molar-refractivity contribution in [2.75, 3.05) is 9.80 Å². The fraction of sp³-hybridized carbons (Fsp3) is 0.167. The molecule has 0 radical (unpaired) electrons. The molecule has 8 nitrogen and oxygen atoms in total. The maximum atomic E-state index is 13.6. The molecule has 10 rings (SSSR count). The molecular weight excluding hydrogens is 771 g/mol. The maximum absolute atomic E-state index is 13.6. The first-order chi connectivity index (χ1) is 28.0. The number of hydrogen-bond donors (Lipinski definition) is 2. The Morgan fingerprint density at radius 1 is 0.534 bits per heavy atom. The van der Waals surface area contributed by atoms with Crippen LogP contribution in [-0.4, -0.2) is 34.0 Å². The molecule has 2 aliphatic heterocycles. The first-order valence-electron chi connectivity index (χ1n) is 19.0. The second kappa shape index (κ2) is 14.3. The van der Waals surface area contributed by atoms with Gasteiger partial charge in [-0.1, -0.05) is 108 Å². The standard InChI is InChI=1S/2C24H18ClNO3/c2*25-18-10-8-16(9-11-18)20-13-24(20)19-6-1-2-7-21(19)26(23(24)29)14-15-4-3-5-17(12-15)22(27)28/h2*1-12,20H,13-14H2,(H,27,28)/t2*20-,24+/m10/s1. The van der Waals surface area contributed by atoms with Crippen LogP contribution in [-0.2, 0) is 33.5 Å². The van der Waals surface area contributed by atoms with Gasteiger partial charge in [0.15, 0.2) is 0 Å². The highest BCUT2D eigenvalue weighted by atomic mass is 35.5. The Kier molecular flexibility index (Phi) is 9.22. The Morgan fingerprint density at radius 2 is 0.914 bits per heavy atom. The molecule has 4 atom stereocenters. The predicted octanol–water partition coefficient (Wildman–Crippen LogP) is 10.0. The average molecular weight is 808 g/mol. The first kappa shape index (κ1) is 37.4. The highest BCUT2D eigenvalue weighted by Gasteiger charge is 2.68. The molecule has 4 aliphatic rings. The summed E-state index contributed by atoms with van der Waals surface area (Å²) in [5, 5.41) is 19.9. The van der Waals surface area contributed by atoms with Gasteiger partial charge in [-0.15, -0.1) is 0 Å². The largest absolute Gasteiger partial charge is 0.478 e. The molecule has 2 fully saturated rings. The monoisotopic (exact) mass is 806 g/mol. The lowest BCUT2D eigenvalue weighted by Crippen LogP contribution is -2.32. The summed E-state index contributed by atoms with van der Waals surface area (Å²) in [6.45, 7) is 0.706. The Morgan fingerprint density at radius 3 is 1.29 bits per heavy atom. The fourth-order valence-electron chi connectivity index (χ4n) is 9.18. The molecule has 2 aliphatic carbocycles. The molecular formula is C48H36Cl2N2O6. The molecule has 6 aromatic carbocycles. The lowest BCUT2D eigenvalue weighted by molar-refractivity contribution is -0.121. The predicted molar refractivity (Wildman–Crippen MR) is 223 cm³/mol. The fourth-order valence-corrected chi connectivity index (χ4v) is 9.43. The topological polar surface area (TPSA) is 115 Å². The van der Waals surface area contributed by atoms with E-state index in [1.807, 2.05) is 109 Å². The number of rotatable bonds is 8. The lowest BCUT2D eigenvalue weighted by atomic mass is 9.92. The van der Waals surface area contributed by atoms with Crippen molar-refractivity contribution in [2.45, 2.75) is 48.6 Å². The molecule has 2 spiro atoms. The summed E-state index contributed by atoms with van der Waals surface area (Å²) in [5.74, 6) is -1.52. The summed E-state index contributed by atoms with van der Waals surface area (Å²) in [6, 6.07) is 44.8. The van der Waals surface area contributed by atoms with E-state index in [2.05, 4.69) is 0 Å². The number of fused-ring (bicyclic) bond motifs is 4. The normalized spacial score (nSPS) is 22.0. The molecule has 6 aromatic rings. The van der Waals surface area contributed by atoms with Gasteiger partial charge in [0.2, 0.25) is 11.8 Å². The van der Waals surface area contributed by atoms with Crippen LogP contribution in [0.5, 0.6) is 0 Å². The van der Waals surface area contributed by atoms with Gasteiger partial charge in [0.1, 0.15) is 0 Å². The molecule has 288 valence electrons. The zero-order valence-corrected chi connectivity index (χ0v) is 32.5. The van der Waals surface area contributed by atoms with Crippen LogP contribution in [0.4, 0.5) is 11.4 Å².